The minimum absolute atomic E-state index is 0.0478. The first-order valence-corrected chi connectivity index (χ1v) is 10.1. The molecule has 32 heavy (non-hydrogen) atoms. The summed E-state index contributed by atoms with van der Waals surface area (Å²) >= 11 is 0. The monoisotopic (exact) mass is 444 g/mol. The Morgan fingerprint density at radius 3 is 2.09 bits per heavy atom. The molecule has 9 heteroatoms. The summed E-state index contributed by atoms with van der Waals surface area (Å²) < 4.78 is 10.9. The minimum atomic E-state index is -1.82. The van der Waals surface area contributed by atoms with Crippen molar-refractivity contribution in [2.75, 3.05) is 39.9 Å². The van der Waals surface area contributed by atoms with E-state index >= 15 is 0 Å². The van der Waals surface area contributed by atoms with Crippen molar-refractivity contribution in [3.8, 4) is 11.5 Å². The van der Waals surface area contributed by atoms with E-state index in [-0.39, 0.29) is 12.5 Å². The van der Waals surface area contributed by atoms with E-state index < -0.39 is 11.9 Å². The van der Waals surface area contributed by atoms with E-state index in [1.165, 1.54) is 11.1 Å². The van der Waals surface area contributed by atoms with Crippen molar-refractivity contribution in [3.63, 3.8) is 0 Å². The molecule has 0 aromatic heterocycles. The molecule has 1 aliphatic rings. The molecule has 2 aromatic carbocycles. The van der Waals surface area contributed by atoms with E-state index in [1.54, 1.807) is 7.11 Å². The third kappa shape index (κ3) is 8.27. The molecule has 0 radical (unpaired) electrons. The Balaban J connectivity index is 0.000000534. The van der Waals surface area contributed by atoms with Gasteiger partial charge in [-0.1, -0.05) is 29.8 Å². The Morgan fingerprint density at radius 2 is 1.53 bits per heavy atom. The molecule has 3 rings (SSSR count). The molecule has 1 fully saturated rings. The van der Waals surface area contributed by atoms with Gasteiger partial charge in [0, 0.05) is 32.7 Å². The normalized spacial score (nSPS) is 13.5. The van der Waals surface area contributed by atoms with Crippen molar-refractivity contribution >= 4 is 17.8 Å². The van der Waals surface area contributed by atoms with Crippen LogP contribution in [0.3, 0.4) is 0 Å². The van der Waals surface area contributed by atoms with E-state index in [0.29, 0.717) is 0 Å². The molecule has 1 heterocycles. The van der Waals surface area contributed by atoms with Crippen LogP contribution in [0.5, 0.6) is 11.5 Å². The molecule has 1 aliphatic heterocycles. The Hall–Kier alpha value is -3.59. The molecule has 9 nitrogen and oxygen atoms in total. The second-order valence-electron chi connectivity index (χ2n) is 7.22. The molecule has 2 N–H and O–H groups in total. The van der Waals surface area contributed by atoms with Gasteiger partial charge in [0.1, 0.15) is 11.5 Å². The van der Waals surface area contributed by atoms with Crippen LogP contribution in [0.15, 0.2) is 48.5 Å². The molecule has 0 atom stereocenters. The summed E-state index contributed by atoms with van der Waals surface area (Å²) in [6.45, 7) is 6.21. The summed E-state index contributed by atoms with van der Waals surface area (Å²) in [5.41, 5.74) is 2.41. The third-order valence-corrected chi connectivity index (χ3v) is 4.83. The van der Waals surface area contributed by atoms with Gasteiger partial charge in [-0.3, -0.25) is 9.69 Å². The first-order chi connectivity index (χ1) is 15.3. The average molecular weight is 444 g/mol. The Kier molecular flexibility index (Phi) is 9.49. The maximum absolute atomic E-state index is 12.4. The van der Waals surface area contributed by atoms with Crippen molar-refractivity contribution in [2.45, 2.75) is 13.5 Å². The van der Waals surface area contributed by atoms with E-state index in [4.69, 9.17) is 29.3 Å². The summed E-state index contributed by atoms with van der Waals surface area (Å²) in [4.78, 5) is 34.8. The molecule has 1 amide bonds. The van der Waals surface area contributed by atoms with Gasteiger partial charge in [0.15, 0.2) is 6.61 Å². The lowest BCUT2D eigenvalue weighted by Crippen LogP contribution is -2.49. The fourth-order valence-corrected chi connectivity index (χ4v) is 3.06. The van der Waals surface area contributed by atoms with Gasteiger partial charge >= 0.3 is 11.9 Å². The van der Waals surface area contributed by atoms with Gasteiger partial charge in [-0.25, -0.2) is 9.59 Å². The number of piperazine rings is 1. The second-order valence-corrected chi connectivity index (χ2v) is 7.22. The predicted octanol–water partition coefficient (Wildman–Crippen LogP) is 1.88. The number of nitrogens with zero attached hydrogens (tertiary/aromatic N) is 2. The maximum Gasteiger partial charge on any atom is 0.414 e. The van der Waals surface area contributed by atoms with Crippen molar-refractivity contribution in [1.29, 1.82) is 0 Å². The molecule has 0 unspecified atom stereocenters. The maximum atomic E-state index is 12.4. The molecule has 2 aromatic rings. The van der Waals surface area contributed by atoms with E-state index in [2.05, 4.69) is 17.0 Å². The van der Waals surface area contributed by atoms with Gasteiger partial charge in [0.25, 0.3) is 5.91 Å². The number of aliphatic carboxylic acids is 2. The van der Waals surface area contributed by atoms with Crippen LogP contribution >= 0.6 is 0 Å². The van der Waals surface area contributed by atoms with Crippen LogP contribution in [-0.2, 0) is 20.9 Å². The lowest BCUT2D eigenvalue weighted by atomic mass is 10.2. The molecule has 0 spiro atoms. The molecule has 1 saturated heterocycles. The van der Waals surface area contributed by atoms with Gasteiger partial charge in [-0.15, -0.1) is 0 Å². The zero-order chi connectivity index (χ0) is 23.5. The number of hydrogen-bond donors (Lipinski definition) is 2. The summed E-state index contributed by atoms with van der Waals surface area (Å²) in [6, 6.07) is 15.9. The highest BCUT2D eigenvalue weighted by Crippen LogP contribution is 2.16. The number of carbonyl (C=O) groups is 3. The summed E-state index contributed by atoms with van der Waals surface area (Å²) in [5, 5.41) is 14.8. The number of carbonyl (C=O) groups excluding carboxylic acids is 1. The van der Waals surface area contributed by atoms with Gasteiger partial charge in [-0.05, 0) is 36.8 Å². The number of carboxylic acids is 2. The van der Waals surface area contributed by atoms with E-state index in [1.807, 2.05) is 48.2 Å². The van der Waals surface area contributed by atoms with Crippen molar-refractivity contribution in [1.82, 2.24) is 9.80 Å². The lowest BCUT2D eigenvalue weighted by molar-refractivity contribution is -0.159. The second kappa shape index (κ2) is 12.3. The van der Waals surface area contributed by atoms with Crippen LogP contribution in [-0.4, -0.2) is 77.8 Å². The minimum Gasteiger partial charge on any atom is -0.497 e. The van der Waals surface area contributed by atoms with Crippen LogP contribution in [0.2, 0.25) is 0 Å². The van der Waals surface area contributed by atoms with E-state index in [9.17, 15) is 4.79 Å². The van der Waals surface area contributed by atoms with E-state index in [0.717, 1.165) is 44.2 Å². The Bertz CT molecular complexity index is 895. The van der Waals surface area contributed by atoms with Crippen LogP contribution < -0.4 is 9.47 Å². The number of methoxy groups -OCH3 is 1. The first-order valence-electron chi connectivity index (χ1n) is 10.1. The molecule has 172 valence electrons. The highest BCUT2D eigenvalue weighted by molar-refractivity contribution is 6.27. The van der Waals surface area contributed by atoms with Gasteiger partial charge in [-0.2, -0.15) is 0 Å². The van der Waals surface area contributed by atoms with Crippen LogP contribution in [0.1, 0.15) is 11.1 Å². The summed E-state index contributed by atoms with van der Waals surface area (Å²) in [5.74, 6) is -1.98. The highest BCUT2D eigenvalue weighted by atomic mass is 16.5. The number of rotatable bonds is 6. The molecule has 0 aliphatic carbocycles. The quantitative estimate of drug-likeness (QED) is 0.649. The Labute approximate surface area is 186 Å². The fraction of sp³-hybridized carbons (Fsp3) is 0.348. The molecule has 0 saturated carbocycles. The van der Waals surface area contributed by atoms with Crippen molar-refractivity contribution in [2.24, 2.45) is 0 Å². The van der Waals surface area contributed by atoms with Gasteiger partial charge in [0.2, 0.25) is 0 Å². The van der Waals surface area contributed by atoms with Gasteiger partial charge < -0.3 is 24.6 Å². The molecule has 0 bridgehead atoms. The Morgan fingerprint density at radius 1 is 0.906 bits per heavy atom. The number of ether oxygens (including phenoxy) is 2. The van der Waals surface area contributed by atoms with Crippen molar-refractivity contribution < 1.29 is 34.1 Å². The number of benzene rings is 2. The number of amides is 1. The zero-order valence-corrected chi connectivity index (χ0v) is 18.2. The predicted molar refractivity (Wildman–Crippen MR) is 117 cm³/mol. The van der Waals surface area contributed by atoms with Gasteiger partial charge in [0.05, 0.1) is 7.11 Å². The number of aryl methyl sites for hydroxylation is 1. The van der Waals surface area contributed by atoms with Crippen LogP contribution in [0.4, 0.5) is 0 Å². The third-order valence-electron chi connectivity index (χ3n) is 4.83. The lowest BCUT2D eigenvalue weighted by Gasteiger charge is -2.34. The number of hydrogen-bond acceptors (Lipinski definition) is 6. The molecular formula is C23H28N2O7. The number of carboxylic acid groups (broad SMARTS) is 2. The smallest absolute Gasteiger partial charge is 0.414 e. The largest absolute Gasteiger partial charge is 0.497 e. The molecular weight excluding hydrogens is 416 g/mol. The fourth-order valence-electron chi connectivity index (χ4n) is 3.06. The first kappa shape index (κ1) is 24.7. The summed E-state index contributed by atoms with van der Waals surface area (Å²) in [7, 11) is 1.68. The van der Waals surface area contributed by atoms with Crippen LogP contribution in [0.25, 0.3) is 0 Å². The highest BCUT2D eigenvalue weighted by Gasteiger charge is 2.21. The SMILES string of the molecule is COc1cccc(CN2CCN(C(=O)COc3ccc(C)cc3)CC2)c1.O=C(O)C(=O)O. The van der Waals surface area contributed by atoms with Crippen molar-refractivity contribution in [3.05, 3.63) is 59.7 Å². The summed E-state index contributed by atoms with van der Waals surface area (Å²) in [6.07, 6.45) is 0. The standard InChI is InChI=1S/C21H26N2O3.C2H2O4/c1-17-6-8-19(9-7-17)26-16-21(24)23-12-10-22(11-13-23)15-18-4-3-5-20(14-18)25-2;3-1(4)2(5)6/h3-9,14H,10-13,15-16H2,1-2H3;(H,3,4)(H,5,6). The zero-order valence-electron chi connectivity index (χ0n) is 18.2. The topological polar surface area (TPSA) is 117 Å². The van der Waals surface area contributed by atoms with Crippen LogP contribution in [0, 0.1) is 6.92 Å². The average Bonchev–Trinajstić information content (AvgIpc) is 2.79.